The molecule has 0 atom stereocenters. The summed E-state index contributed by atoms with van der Waals surface area (Å²) in [4.78, 5) is 9.36. The smallest absolute Gasteiger partial charge is 0.268 e. The maximum absolute atomic E-state index is 9.84. The van der Waals surface area contributed by atoms with Gasteiger partial charge in [0.05, 0.1) is 4.92 Å². The first-order chi connectivity index (χ1) is 3.80. The fourth-order valence-electron chi connectivity index (χ4n) is 0.461. The molecule has 0 saturated carbocycles. The van der Waals surface area contributed by atoms with Gasteiger partial charge in [-0.1, -0.05) is 0 Å². The van der Waals surface area contributed by atoms with Crippen LogP contribution in [0.2, 0.25) is 0 Å². The quantitative estimate of drug-likeness (QED) is 0.377. The van der Waals surface area contributed by atoms with E-state index in [0.29, 0.717) is 6.54 Å². The van der Waals surface area contributed by atoms with Gasteiger partial charge >= 0.3 is 0 Å². The molecule has 2 radical (unpaired) electrons. The van der Waals surface area contributed by atoms with E-state index in [4.69, 9.17) is 0 Å². The van der Waals surface area contributed by atoms with Gasteiger partial charge in [-0.25, -0.2) is 0 Å². The van der Waals surface area contributed by atoms with Gasteiger partial charge in [-0.05, 0) is 0 Å². The summed E-state index contributed by atoms with van der Waals surface area (Å²) < 4.78 is 0. The van der Waals surface area contributed by atoms with Crippen LogP contribution in [0.4, 0.5) is 0 Å². The normalized spacial score (nSPS) is 18.2. The average Bonchev–Trinajstić information content (AvgIpc) is 2.12. The van der Waals surface area contributed by atoms with E-state index in [1.807, 2.05) is 0 Å². The Labute approximate surface area is 46.3 Å². The molecule has 0 aromatic carbocycles. The van der Waals surface area contributed by atoms with Crippen LogP contribution in [0.25, 0.3) is 0 Å². The SMILES string of the molecule is O=[N+]([O-])C1=CCN[C]1. The molecule has 4 nitrogen and oxygen atoms in total. The van der Waals surface area contributed by atoms with Crippen LogP contribution in [0.3, 0.4) is 0 Å². The molecule has 0 aliphatic carbocycles. The fraction of sp³-hybridized carbons (Fsp3) is 0.250. The molecule has 1 aliphatic rings. The third-order valence-electron chi connectivity index (χ3n) is 0.811. The molecule has 42 valence electrons. The summed E-state index contributed by atoms with van der Waals surface area (Å²) >= 11 is 0. The molecule has 1 rings (SSSR count). The van der Waals surface area contributed by atoms with Crippen molar-refractivity contribution in [3.05, 3.63) is 28.4 Å². The molecular formula is C4H4N2O2. The van der Waals surface area contributed by atoms with E-state index >= 15 is 0 Å². The molecule has 4 heteroatoms. The van der Waals surface area contributed by atoms with Gasteiger partial charge in [0.25, 0.3) is 5.70 Å². The second-order valence-corrected chi connectivity index (χ2v) is 1.35. The molecule has 0 aromatic rings. The molecule has 0 aromatic heterocycles. The molecule has 8 heavy (non-hydrogen) atoms. The van der Waals surface area contributed by atoms with Crippen molar-refractivity contribution < 1.29 is 4.92 Å². The van der Waals surface area contributed by atoms with E-state index in [1.54, 1.807) is 0 Å². The molecule has 0 saturated heterocycles. The van der Waals surface area contributed by atoms with Crippen molar-refractivity contribution in [2.75, 3.05) is 6.54 Å². The standard InChI is InChI=1S/C4H4N2O2/c7-6(8)4-1-2-5-3-4/h1,5H,2H2. The largest absolute Gasteiger partial charge is 0.294 e. The van der Waals surface area contributed by atoms with Gasteiger partial charge in [0.1, 0.15) is 0 Å². The molecule has 1 aliphatic heterocycles. The second-order valence-electron chi connectivity index (χ2n) is 1.35. The predicted octanol–water partition coefficient (Wildman–Crippen LogP) is -0.211. The number of rotatable bonds is 1. The zero-order chi connectivity index (χ0) is 5.98. The zero-order valence-corrected chi connectivity index (χ0v) is 4.05. The highest BCUT2D eigenvalue weighted by atomic mass is 16.6. The van der Waals surface area contributed by atoms with Crippen LogP contribution >= 0.6 is 0 Å². The summed E-state index contributed by atoms with van der Waals surface area (Å²) in [6.07, 6.45) is 1.47. The highest BCUT2D eigenvalue weighted by molar-refractivity contribution is 5.10. The third-order valence-corrected chi connectivity index (χ3v) is 0.811. The van der Waals surface area contributed by atoms with E-state index in [9.17, 15) is 10.1 Å². The van der Waals surface area contributed by atoms with Crippen LogP contribution < -0.4 is 5.32 Å². The summed E-state index contributed by atoms with van der Waals surface area (Å²) in [5, 5.41) is 12.4. The molecule has 0 spiro atoms. The molecule has 0 fully saturated rings. The maximum atomic E-state index is 9.84. The highest BCUT2D eigenvalue weighted by Gasteiger charge is 2.15. The zero-order valence-electron chi connectivity index (χ0n) is 4.05. The Kier molecular flexibility index (Phi) is 1.26. The Morgan fingerprint density at radius 3 is 3.00 bits per heavy atom. The average molecular weight is 112 g/mol. The first-order valence-electron chi connectivity index (χ1n) is 2.14. The van der Waals surface area contributed by atoms with E-state index in [0.717, 1.165) is 0 Å². The Morgan fingerprint density at radius 1 is 2.00 bits per heavy atom. The molecule has 1 heterocycles. The van der Waals surface area contributed by atoms with Gasteiger partial charge in [-0.2, -0.15) is 0 Å². The summed E-state index contributed by atoms with van der Waals surface area (Å²) in [5.41, 5.74) is 0.0324. The van der Waals surface area contributed by atoms with Gasteiger partial charge in [0, 0.05) is 12.6 Å². The highest BCUT2D eigenvalue weighted by Crippen LogP contribution is 2.01. The van der Waals surface area contributed by atoms with Gasteiger partial charge in [-0.3, -0.25) is 15.4 Å². The minimum Gasteiger partial charge on any atom is -0.294 e. The van der Waals surface area contributed by atoms with Gasteiger partial charge in [0.15, 0.2) is 6.54 Å². The van der Waals surface area contributed by atoms with Crippen LogP contribution in [0.1, 0.15) is 0 Å². The van der Waals surface area contributed by atoms with E-state index in [2.05, 4.69) is 11.9 Å². The fourth-order valence-corrected chi connectivity index (χ4v) is 0.461. The van der Waals surface area contributed by atoms with Crippen molar-refractivity contribution in [3.8, 4) is 0 Å². The van der Waals surface area contributed by atoms with E-state index < -0.39 is 4.92 Å². The summed E-state index contributed by atoms with van der Waals surface area (Å²) in [6.45, 7) is 2.89. The maximum Gasteiger partial charge on any atom is 0.268 e. The minimum absolute atomic E-state index is 0.0324. The van der Waals surface area contributed by atoms with Crippen molar-refractivity contribution in [1.82, 2.24) is 5.32 Å². The van der Waals surface area contributed by atoms with Crippen LogP contribution in [0.5, 0.6) is 0 Å². The number of nitro groups is 1. The summed E-state index contributed by atoms with van der Waals surface area (Å²) in [7, 11) is 0. The molecule has 0 bridgehead atoms. The van der Waals surface area contributed by atoms with Crippen LogP contribution in [0.15, 0.2) is 11.8 Å². The van der Waals surface area contributed by atoms with Crippen molar-refractivity contribution in [3.63, 3.8) is 0 Å². The van der Waals surface area contributed by atoms with Crippen molar-refractivity contribution in [1.29, 1.82) is 0 Å². The van der Waals surface area contributed by atoms with Gasteiger partial charge in [0.2, 0.25) is 0 Å². The lowest BCUT2D eigenvalue weighted by molar-refractivity contribution is -0.421. The van der Waals surface area contributed by atoms with Gasteiger partial charge in [-0.15, -0.1) is 0 Å². The Balaban J connectivity index is 2.57. The van der Waals surface area contributed by atoms with Crippen molar-refractivity contribution in [2.24, 2.45) is 0 Å². The van der Waals surface area contributed by atoms with E-state index in [1.165, 1.54) is 6.08 Å². The van der Waals surface area contributed by atoms with Crippen molar-refractivity contribution in [2.45, 2.75) is 0 Å². The number of hydrogen-bond acceptors (Lipinski definition) is 3. The van der Waals surface area contributed by atoms with Crippen molar-refractivity contribution >= 4 is 0 Å². The number of nitrogens with one attached hydrogen (secondary N) is 1. The molecular weight excluding hydrogens is 108 g/mol. The van der Waals surface area contributed by atoms with Crippen LogP contribution in [-0.2, 0) is 0 Å². The Morgan fingerprint density at radius 2 is 2.75 bits per heavy atom. The first-order valence-corrected chi connectivity index (χ1v) is 2.14. The Bertz CT molecular complexity index is 141. The first kappa shape index (κ1) is 5.24. The molecule has 0 amide bonds. The lowest BCUT2D eigenvalue weighted by Crippen LogP contribution is -2.04. The summed E-state index contributed by atoms with van der Waals surface area (Å²) in [5.74, 6) is 0. The lowest BCUT2D eigenvalue weighted by atomic mass is 10.5. The second kappa shape index (κ2) is 1.92. The van der Waals surface area contributed by atoms with E-state index in [-0.39, 0.29) is 5.70 Å². The number of hydrogen-bond donors (Lipinski definition) is 1. The van der Waals surface area contributed by atoms with Crippen LogP contribution in [0, 0.1) is 16.7 Å². The molecule has 1 N–H and O–H groups in total. The number of nitrogens with zero attached hydrogens (tertiary/aromatic N) is 1. The lowest BCUT2D eigenvalue weighted by Gasteiger charge is -1.83. The minimum atomic E-state index is -0.472. The monoisotopic (exact) mass is 112 g/mol. The predicted molar refractivity (Wildman–Crippen MR) is 26.3 cm³/mol. The van der Waals surface area contributed by atoms with Gasteiger partial charge < -0.3 is 0 Å². The Hall–Kier alpha value is -0.900. The van der Waals surface area contributed by atoms with Crippen LogP contribution in [-0.4, -0.2) is 11.5 Å². The topological polar surface area (TPSA) is 55.2 Å². The molecule has 0 unspecified atom stereocenters. The third kappa shape index (κ3) is 0.840. The summed E-state index contributed by atoms with van der Waals surface area (Å²) in [6, 6.07) is 0.